The molecule has 9 nitrogen and oxygen atoms in total. The molecule has 4 aromatic rings. The molecule has 0 fully saturated rings. The number of hydrogen-bond acceptors (Lipinski definition) is 8. The first-order valence-corrected chi connectivity index (χ1v) is 12.7. The number of halogens is 1. The lowest BCUT2D eigenvalue weighted by Gasteiger charge is -2.28. The number of benzene rings is 2. The fourth-order valence-electron chi connectivity index (χ4n) is 4.40. The van der Waals surface area contributed by atoms with Crippen molar-refractivity contribution < 1.29 is 33.6 Å². The minimum atomic E-state index is -1.58. The Balaban J connectivity index is 1.65. The third kappa shape index (κ3) is 6.47. The molecule has 210 valence electrons. The van der Waals surface area contributed by atoms with E-state index in [4.69, 9.17) is 24.3 Å². The van der Waals surface area contributed by atoms with E-state index in [-0.39, 0.29) is 44.2 Å². The zero-order valence-corrected chi connectivity index (χ0v) is 22.6. The first-order chi connectivity index (χ1) is 19.3. The van der Waals surface area contributed by atoms with Crippen LogP contribution in [0.1, 0.15) is 34.5 Å². The van der Waals surface area contributed by atoms with E-state index in [9.17, 15) is 14.3 Å². The highest BCUT2D eigenvalue weighted by Crippen LogP contribution is 2.35. The lowest BCUT2D eigenvalue weighted by molar-refractivity contribution is 0.00113. The summed E-state index contributed by atoms with van der Waals surface area (Å²) in [6.07, 6.45) is 3.36. The molecule has 10 heteroatoms. The van der Waals surface area contributed by atoms with Crippen LogP contribution >= 0.6 is 0 Å². The molecule has 0 amide bonds. The monoisotopic (exact) mass is 549 g/mol. The number of carbonyl (C=O) groups excluding carboxylic acids is 1. The van der Waals surface area contributed by atoms with Gasteiger partial charge in [-0.1, -0.05) is 0 Å². The maximum Gasteiger partial charge on any atom is 0.163 e. The Labute approximate surface area is 231 Å². The summed E-state index contributed by atoms with van der Waals surface area (Å²) in [5.41, 5.74) is 0.653. The van der Waals surface area contributed by atoms with Gasteiger partial charge in [-0.2, -0.15) is 5.10 Å². The van der Waals surface area contributed by atoms with Crippen molar-refractivity contribution in [3.05, 3.63) is 89.6 Å². The maximum absolute atomic E-state index is 14.0. The number of ketones is 1. The van der Waals surface area contributed by atoms with Gasteiger partial charge in [-0.25, -0.2) is 9.37 Å². The zero-order valence-electron chi connectivity index (χ0n) is 22.6. The molecule has 0 saturated carbocycles. The molecule has 0 unspecified atom stereocenters. The number of carbonyl (C=O) groups is 1. The van der Waals surface area contributed by atoms with Gasteiger partial charge in [0.15, 0.2) is 17.3 Å². The summed E-state index contributed by atoms with van der Waals surface area (Å²) in [5, 5.41) is 25.2. The van der Waals surface area contributed by atoms with Crippen LogP contribution in [-0.4, -0.2) is 58.2 Å². The average molecular weight is 550 g/mol. The first-order valence-electron chi connectivity index (χ1n) is 12.7. The summed E-state index contributed by atoms with van der Waals surface area (Å²) in [7, 11) is 2.98. The molecule has 2 N–H and O–H groups in total. The van der Waals surface area contributed by atoms with Gasteiger partial charge in [-0.3, -0.25) is 9.48 Å². The summed E-state index contributed by atoms with van der Waals surface area (Å²) >= 11 is 0. The number of ether oxygens (including phenoxy) is 3. The molecule has 0 bridgehead atoms. The van der Waals surface area contributed by atoms with Crippen LogP contribution in [0.5, 0.6) is 17.2 Å². The van der Waals surface area contributed by atoms with Gasteiger partial charge in [0.25, 0.3) is 0 Å². The standard InChI is InChI=1S/C30H32FN3O6/c1-20-17-22(5-7-23(20)31)29-26(38-2)9-10-28(33-29)30(37,19-34-14-4-13-32-34)12-11-24(36)21-6-8-25(40-16-15-35)27(18-21)39-3/h4-10,13-14,17-18,35,37H,11-12,15-16,19H2,1-3H3/t30-/m1/s1. The van der Waals surface area contributed by atoms with Crippen LogP contribution < -0.4 is 14.2 Å². The number of aliphatic hydroxyl groups excluding tert-OH is 1. The molecule has 2 heterocycles. The van der Waals surface area contributed by atoms with Crippen molar-refractivity contribution in [2.24, 2.45) is 0 Å². The fraction of sp³-hybridized carbons (Fsp3) is 0.300. The highest BCUT2D eigenvalue weighted by atomic mass is 19.1. The number of aromatic nitrogens is 3. The lowest BCUT2D eigenvalue weighted by Crippen LogP contribution is -2.33. The van der Waals surface area contributed by atoms with E-state index in [1.807, 2.05) is 0 Å². The van der Waals surface area contributed by atoms with Crippen molar-refractivity contribution in [1.29, 1.82) is 0 Å². The minimum absolute atomic E-state index is 0.00351. The highest BCUT2D eigenvalue weighted by molar-refractivity contribution is 5.96. The van der Waals surface area contributed by atoms with E-state index in [0.717, 1.165) is 0 Å². The van der Waals surface area contributed by atoms with Crippen molar-refractivity contribution in [3.8, 4) is 28.5 Å². The Kier molecular flexibility index (Phi) is 9.13. The summed E-state index contributed by atoms with van der Waals surface area (Å²) in [5.74, 6) is 0.685. The molecule has 0 aliphatic carbocycles. The number of pyridine rings is 1. The number of Topliss-reactive ketones (excluding diaryl/α,β-unsaturated/α-hetero) is 1. The second kappa shape index (κ2) is 12.7. The van der Waals surface area contributed by atoms with E-state index in [1.165, 1.54) is 20.3 Å². The average Bonchev–Trinajstić information content (AvgIpc) is 3.48. The van der Waals surface area contributed by atoms with E-state index in [2.05, 4.69) is 5.10 Å². The third-order valence-corrected chi connectivity index (χ3v) is 6.57. The van der Waals surface area contributed by atoms with Crippen LogP contribution in [-0.2, 0) is 12.1 Å². The molecule has 0 radical (unpaired) electrons. The second-order valence-electron chi connectivity index (χ2n) is 9.31. The summed E-state index contributed by atoms with van der Waals surface area (Å²) in [6, 6.07) is 14.5. The second-order valence-corrected chi connectivity index (χ2v) is 9.31. The zero-order chi connectivity index (χ0) is 28.7. The van der Waals surface area contributed by atoms with E-state index < -0.39 is 5.60 Å². The van der Waals surface area contributed by atoms with Crippen LogP contribution in [0.4, 0.5) is 4.39 Å². The highest BCUT2D eigenvalue weighted by Gasteiger charge is 2.34. The number of nitrogens with zero attached hydrogens (tertiary/aromatic N) is 3. The Morgan fingerprint density at radius 3 is 2.50 bits per heavy atom. The summed E-state index contributed by atoms with van der Waals surface area (Å²) in [4.78, 5) is 18.0. The number of aryl methyl sites for hydroxylation is 1. The van der Waals surface area contributed by atoms with Crippen molar-refractivity contribution in [2.75, 3.05) is 27.4 Å². The normalized spacial score (nSPS) is 12.6. The lowest BCUT2D eigenvalue weighted by atomic mass is 9.90. The molecule has 2 aromatic heterocycles. The smallest absolute Gasteiger partial charge is 0.163 e. The maximum atomic E-state index is 14.0. The molecule has 40 heavy (non-hydrogen) atoms. The first kappa shape index (κ1) is 28.7. The van der Waals surface area contributed by atoms with Gasteiger partial charge >= 0.3 is 0 Å². The molecular formula is C30H32FN3O6. The van der Waals surface area contributed by atoms with Crippen LogP contribution in [0.2, 0.25) is 0 Å². The van der Waals surface area contributed by atoms with Gasteiger partial charge in [0.2, 0.25) is 0 Å². The molecule has 4 rings (SSSR count). The number of methoxy groups -OCH3 is 2. The molecule has 1 atom stereocenters. The number of rotatable bonds is 13. The van der Waals surface area contributed by atoms with E-state index in [1.54, 1.807) is 72.5 Å². The minimum Gasteiger partial charge on any atom is -0.494 e. The van der Waals surface area contributed by atoms with Crippen LogP contribution in [0.15, 0.2) is 67.0 Å². The predicted molar refractivity (Wildman–Crippen MR) is 146 cm³/mol. The van der Waals surface area contributed by atoms with Crippen LogP contribution in [0.25, 0.3) is 11.3 Å². The van der Waals surface area contributed by atoms with E-state index >= 15 is 0 Å². The van der Waals surface area contributed by atoms with Gasteiger partial charge in [0.05, 0.1) is 33.1 Å². The van der Waals surface area contributed by atoms with Crippen molar-refractivity contribution in [2.45, 2.75) is 31.9 Å². The van der Waals surface area contributed by atoms with Gasteiger partial charge in [-0.15, -0.1) is 0 Å². The summed E-state index contributed by atoms with van der Waals surface area (Å²) < 4.78 is 31.8. The topological polar surface area (TPSA) is 116 Å². The Bertz CT molecular complexity index is 1460. The molecule has 0 saturated heterocycles. The Hall–Kier alpha value is -4.28. The molecule has 2 aromatic carbocycles. The molecule has 0 spiro atoms. The van der Waals surface area contributed by atoms with Crippen molar-refractivity contribution in [3.63, 3.8) is 0 Å². The quantitative estimate of drug-likeness (QED) is 0.237. The van der Waals surface area contributed by atoms with Gasteiger partial charge in [0, 0.05) is 29.9 Å². The van der Waals surface area contributed by atoms with Crippen molar-refractivity contribution in [1.82, 2.24) is 14.8 Å². The van der Waals surface area contributed by atoms with Gasteiger partial charge < -0.3 is 24.4 Å². The summed E-state index contributed by atoms with van der Waals surface area (Å²) in [6.45, 7) is 1.65. The van der Waals surface area contributed by atoms with Crippen molar-refractivity contribution >= 4 is 5.78 Å². The Morgan fingerprint density at radius 2 is 1.82 bits per heavy atom. The number of hydrogen-bond donors (Lipinski definition) is 2. The molecule has 0 aliphatic rings. The van der Waals surface area contributed by atoms with Crippen LogP contribution in [0, 0.1) is 12.7 Å². The largest absolute Gasteiger partial charge is 0.494 e. The molecule has 0 aliphatic heterocycles. The fourth-order valence-corrected chi connectivity index (χ4v) is 4.40. The predicted octanol–water partition coefficient (Wildman–Crippen LogP) is 4.33. The number of aliphatic hydroxyl groups is 2. The third-order valence-electron chi connectivity index (χ3n) is 6.57. The van der Waals surface area contributed by atoms with Crippen LogP contribution in [0.3, 0.4) is 0 Å². The SMILES string of the molecule is COc1cc(C(=O)CC[C@@](O)(Cn2cccn2)c2ccc(OC)c(-c3ccc(F)c(C)c3)n2)ccc1OCCO. The van der Waals surface area contributed by atoms with Gasteiger partial charge in [0.1, 0.15) is 29.5 Å². The Morgan fingerprint density at radius 1 is 1.05 bits per heavy atom. The van der Waals surface area contributed by atoms with E-state index in [0.29, 0.717) is 45.3 Å². The van der Waals surface area contributed by atoms with Gasteiger partial charge in [-0.05, 0) is 73.5 Å². The molecular weight excluding hydrogens is 517 g/mol.